The van der Waals surface area contributed by atoms with E-state index in [-0.39, 0.29) is 0 Å². The number of benzene rings is 2. The lowest BCUT2D eigenvalue weighted by molar-refractivity contribution is 0.339. The third kappa shape index (κ3) is 3.91. The third-order valence-corrected chi connectivity index (χ3v) is 2.86. The van der Waals surface area contributed by atoms with Crippen LogP contribution in [0.3, 0.4) is 0 Å². The first-order chi connectivity index (χ1) is 9.29. The molecule has 0 amide bonds. The molecular formula is C16H19NO2. The summed E-state index contributed by atoms with van der Waals surface area (Å²) in [5, 5.41) is 13.1. The van der Waals surface area contributed by atoms with Gasteiger partial charge in [0.05, 0.1) is 6.61 Å². The van der Waals surface area contributed by atoms with E-state index in [2.05, 4.69) is 5.32 Å². The molecule has 3 nitrogen and oxygen atoms in total. The van der Waals surface area contributed by atoms with Crippen molar-refractivity contribution in [3.8, 4) is 11.5 Å². The van der Waals surface area contributed by atoms with Crippen molar-refractivity contribution < 1.29 is 9.84 Å². The maximum atomic E-state index is 9.82. The lowest BCUT2D eigenvalue weighted by Crippen LogP contribution is -2.05. The second-order valence-electron chi connectivity index (χ2n) is 4.27. The number of anilines is 1. The van der Waals surface area contributed by atoms with E-state index in [1.54, 1.807) is 12.1 Å². The Morgan fingerprint density at radius 3 is 2.63 bits per heavy atom. The SMILES string of the molecule is CCOc1ccc(O)c(CCNc2ccccc2)c1. The topological polar surface area (TPSA) is 41.5 Å². The number of hydrogen-bond donors (Lipinski definition) is 2. The molecule has 100 valence electrons. The summed E-state index contributed by atoms with van der Waals surface area (Å²) in [6, 6.07) is 15.4. The highest BCUT2D eigenvalue weighted by atomic mass is 16.5. The van der Waals surface area contributed by atoms with Gasteiger partial charge in [-0.1, -0.05) is 18.2 Å². The summed E-state index contributed by atoms with van der Waals surface area (Å²) in [7, 11) is 0. The highest BCUT2D eigenvalue weighted by Crippen LogP contribution is 2.23. The predicted molar refractivity (Wildman–Crippen MR) is 77.9 cm³/mol. The van der Waals surface area contributed by atoms with Crippen LogP contribution in [-0.4, -0.2) is 18.3 Å². The molecule has 2 rings (SSSR count). The molecule has 2 aromatic carbocycles. The summed E-state index contributed by atoms with van der Waals surface area (Å²) in [6.07, 6.45) is 0.752. The van der Waals surface area contributed by atoms with Crippen LogP contribution in [-0.2, 0) is 6.42 Å². The molecule has 0 aliphatic rings. The summed E-state index contributed by atoms with van der Waals surface area (Å²) in [4.78, 5) is 0. The number of phenols is 1. The summed E-state index contributed by atoms with van der Waals surface area (Å²) in [5.41, 5.74) is 1.98. The molecule has 0 saturated heterocycles. The molecule has 0 aliphatic heterocycles. The predicted octanol–water partition coefficient (Wildman–Crippen LogP) is 3.45. The smallest absolute Gasteiger partial charge is 0.119 e. The molecular weight excluding hydrogens is 238 g/mol. The Hall–Kier alpha value is -2.16. The van der Waals surface area contributed by atoms with Gasteiger partial charge in [-0.15, -0.1) is 0 Å². The van der Waals surface area contributed by atoms with Gasteiger partial charge in [-0.05, 0) is 49.2 Å². The van der Waals surface area contributed by atoms with Crippen LogP contribution in [0.2, 0.25) is 0 Å². The Morgan fingerprint density at radius 2 is 1.89 bits per heavy atom. The molecule has 2 N–H and O–H groups in total. The molecule has 0 radical (unpaired) electrons. The number of ether oxygens (including phenoxy) is 1. The second kappa shape index (κ2) is 6.69. The van der Waals surface area contributed by atoms with Crippen molar-refractivity contribution >= 4 is 5.69 Å². The summed E-state index contributed by atoms with van der Waals surface area (Å²) in [6.45, 7) is 3.35. The number of nitrogens with one attached hydrogen (secondary N) is 1. The molecule has 0 atom stereocenters. The number of rotatable bonds is 6. The van der Waals surface area contributed by atoms with Gasteiger partial charge in [-0.3, -0.25) is 0 Å². The standard InChI is InChI=1S/C16H19NO2/c1-2-19-15-8-9-16(18)13(12-15)10-11-17-14-6-4-3-5-7-14/h3-9,12,17-18H,2,10-11H2,1H3. The fourth-order valence-electron chi connectivity index (χ4n) is 1.92. The molecule has 0 fully saturated rings. The largest absolute Gasteiger partial charge is 0.508 e. The molecule has 2 aromatic rings. The first-order valence-electron chi connectivity index (χ1n) is 6.53. The van der Waals surface area contributed by atoms with Crippen LogP contribution in [0.15, 0.2) is 48.5 Å². The average molecular weight is 257 g/mol. The Kier molecular flexibility index (Phi) is 4.67. The van der Waals surface area contributed by atoms with Crippen LogP contribution in [0.4, 0.5) is 5.69 Å². The van der Waals surface area contributed by atoms with Gasteiger partial charge in [0.25, 0.3) is 0 Å². The Morgan fingerprint density at radius 1 is 1.11 bits per heavy atom. The molecule has 0 aromatic heterocycles. The van der Waals surface area contributed by atoms with Crippen molar-refractivity contribution in [2.45, 2.75) is 13.3 Å². The average Bonchev–Trinajstić information content (AvgIpc) is 2.44. The zero-order chi connectivity index (χ0) is 13.5. The zero-order valence-electron chi connectivity index (χ0n) is 11.1. The van der Waals surface area contributed by atoms with E-state index in [0.717, 1.165) is 30.0 Å². The molecule has 0 bridgehead atoms. The quantitative estimate of drug-likeness (QED) is 0.833. The minimum atomic E-state index is 0.318. The highest BCUT2D eigenvalue weighted by molar-refractivity contribution is 5.44. The fraction of sp³-hybridized carbons (Fsp3) is 0.250. The first-order valence-corrected chi connectivity index (χ1v) is 6.53. The number of para-hydroxylation sites is 1. The van der Waals surface area contributed by atoms with Crippen molar-refractivity contribution in [2.75, 3.05) is 18.5 Å². The number of hydrogen-bond acceptors (Lipinski definition) is 3. The maximum Gasteiger partial charge on any atom is 0.119 e. The monoisotopic (exact) mass is 257 g/mol. The minimum absolute atomic E-state index is 0.318. The van der Waals surface area contributed by atoms with Gasteiger partial charge in [-0.25, -0.2) is 0 Å². The molecule has 0 saturated carbocycles. The third-order valence-electron chi connectivity index (χ3n) is 2.86. The van der Waals surface area contributed by atoms with E-state index >= 15 is 0 Å². The van der Waals surface area contributed by atoms with E-state index in [1.807, 2.05) is 43.3 Å². The summed E-state index contributed by atoms with van der Waals surface area (Å²) in [5.74, 6) is 1.12. The molecule has 0 unspecified atom stereocenters. The number of phenolic OH excluding ortho intramolecular Hbond substituents is 1. The van der Waals surface area contributed by atoms with Crippen LogP contribution in [0.5, 0.6) is 11.5 Å². The maximum absolute atomic E-state index is 9.82. The lowest BCUT2D eigenvalue weighted by atomic mass is 10.1. The van der Waals surface area contributed by atoms with Crippen molar-refractivity contribution in [1.29, 1.82) is 0 Å². The van der Waals surface area contributed by atoms with E-state index < -0.39 is 0 Å². The van der Waals surface area contributed by atoms with Crippen molar-refractivity contribution in [3.05, 3.63) is 54.1 Å². The molecule has 3 heteroatoms. The van der Waals surface area contributed by atoms with Gasteiger partial charge < -0.3 is 15.2 Å². The Balaban J connectivity index is 1.93. The van der Waals surface area contributed by atoms with Crippen molar-refractivity contribution in [2.24, 2.45) is 0 Å². The highest BCUT2D eigenvalue weighted by Gasteiger charge is 2.03. The molecule has 19 heavy (non-hydrogen) atoms. The van der Waals surface area contributed by atoms with Gasteiger partial charge in [0.2, 0.25) is 0 Å². The van der Waals surface area contributed by atoms with Gasteiger partial charge in [0, 0.05) is 12.2 Å². The Labute approximate surface area is 113 Å². The van der Waals surface area contributed by atoms with E-state index in [0.29, 0.717) is 12.4 Å². The van der Waals surface area contributed by atoms with Crippen LogP contribution in [0.1, 0.15) is 12.5 Å². The van der Waals surface area contributed by atoms with Crippen LogP contribution in [0.25, 0.3) is 0 Å². The van der Waals surface area contributed by atoms with Gasteiger partial charge in [0.15, 0.2) is 0 Å². The molecule has 0 spiro atoms. The van der Waals surface area contributed by atoms with Crippen LogP contribution in [0, 0.1) is 0 Å². The second-order valence-corrected chi connectivity index (χ2v) is 4.27. The van der Waals surface area contributed by atoms with Crippen LogP contribution < -0.4 is 10.1 Å². The lowest BCUT2D eigenvalue weighted by Gasteiger charge is -2.10. The summed E-state index contributed by atoms with van der Waals surface area (Å²) < 4.78 is 5.43. The van der Waals surface area contributed by atoms with E-state index in [9.17, 15) is 5.11 Å². The van der Waals surface area contributed by atoms with Gasteiger partial charge in [-0.2, -0.15) is 0 Å². The van der Waals surface area contributed by atoms with E-state index in [1.165, 1.54) is 0 Å². The molecule has 0 aliphatic carbocycles. The van der Waals surface area contributed by atoms with Crippen molar-refractivity contribution in [3.63, 3.8) is 0 Å². The van der Waals surface area contributed by atoms with E-state index in [4.69, 9.17) is 4.74 Å². The zero-order valence-corrected chi connectivity index (χ0v) is 11.1. The van der Waals surface area contributed by atoms with Crippen molar-refractivity contribution in [1.82, 2.24) is 0 Å². The van der Waals surface area contributed by atoms with Crippen LogP contribution >= 0.6 is 0 Å². The minimum Gasteiger partial charge on any atom is -0.508 e. The molecule has 0 heterocycles. The van der Waals surface area contributed by atoms with Gasteiger partial charge in [0.1, 0.15) is 11.5 Å². The Bertz CT molecular complexity index is 511. The number of aromatic hydroxyl groups is 1. The summed E-state index contributed by atoms with van der Waals surface area (Å²) >= 11 is 0. The normalized spacial score (nSPS) is 10.2. The first kappa shape index (κ1) is 13.3. The van der Waals surface area contributed by atoms with Gasteiger partial charge >= 0.3 is 0 Å². The fourth-order valence-corrected chi connectivity index (χ4v) is 1.92.